The summed E-state index contributed by atoms with van der Waals surface area (Å²) in [6, 6.07) is 20.2. The number of carbonyl (C=O) groups excluding carboxylic acids is 1. The monoisotopic (exact) mass is 679 g/mol. The summed E-state index contributed by atoms with van der Waals surface area (Å²) in [5.41, 5.74) is 12.4. The van der Waals surface area contributed by atoms with Crippen LogP contribution in [0.2, 0.25) is 0 Å². The third-order valence-corrected chi connectivity index (χ3v) is 10.2. The molecule has 4 aromatic carbocycles. The van der Waals surface area contributed by atoms with Gasteiger partial charge in [-0.15, -0.1) is 0 Å². The topological polar surface area (TPSA) is 105 Å². The van der Waals surface area contributed by atoms with Gasteiger partial charge in [0.15, 0.2) is 34.5 Å². The molecule has 0 saturated heterocycles. The van der Waals surface area contributed by atoms with Crippen LogP contribution in [0.25, 0.3) is 0 Å². The zero-order chi connectivity index (χ0) is 34.9. The Morgan fingerprint density at radius 2 is 1.42 bits per heavy atom. The summed E-state index contributed by atoms with van der Waals surface area (Å²) >= 11 is 0. The predicted octanol–water partition coefficient (Wildman–Crippen LogP) is 6.41. The second-order valence-corrected chi connectivity index (χ2v) is 13.3. The molecule has 4 aliphatic rings. The lowest BCUT2D eigenvalue weighted by atomic mass is 9.87. The SMILES string of the molecule is COc1cc2c3cc1Oc1c(OC)c(OC)cc4c1[C@@H](Cc1ccc(OC(=O)CCN)c(c1)Oc1ccc(cc1)CC3N(C)CC2)N(C)CC4. The van der Waals surface area contributed by atoms with Crippen molar-refractivity contribution in [3.05, 3.63) is 94.0 Å². The molecule has 0 fully saturated rings. The third kappa shape index (κ3) is 6.46. The zero-order valence-electron chi connectivity index (χ0n) is 29.4. The third-order valence-electron chi connectivity index (χ3n) is 10.2. The van der Waals surface area contributed by atoms with Crippen molar-refractivity contribution in [2.45, 2.75) is 44.2 Å². The Kier molecular flexibility index (Phi) is 9.59. The van der Waals surface area contributed by atoms with Crippen molar-refractivity contribution < 1.29 is 33.2 Å². The van der Waals surface area contributed by atoms with Gasteiger partial charge in [0, 0.05) is 37.3 Å². The molecule has 0 saturated carbocycles. The average molecular weight is 680 g/mol. The number of fused-ring (bicyclic) bond motifs is 2. The van der Waals surface area contributed by atoms with Gasteiger partial charge in [-0.2, -0.15) is 0 Å². The van der Waals surface area contributed by atoms with Crippen LogP contribution in [0.5, 0.6) is 46.0 Å². The van der Waals surface area contributed by atoms with Gasteiger partial charge in [0.2, 0.25) is 5.75 Å². The van der Waals surface area contributed by atoms with Crippen LogP contribution in [-0.2, 0) is 30.5 Å². The van der Waals surface area contributed by atoms with Crippen LogP contribution in [0.15, 0.2) is 60.7 Å². The molecule has 262 valence electrons. The van der Waals surface area contributed by atoms with Gasteiger partial charge in [-0.3, -0.25) is 14.6 Å². The van der Waals surface area contributed by atoms with Gasteiger partial charge in [0.1, 0.15) is 5.75 Å². The van der Waals surface area contributed by atoms with E-state index in [9.17, 15) is 4.79 Å². The van der Waals surface area contributed by atoms with E-state index in [1.165, 1.54) is 16.7 Å². The first-order valence-electron chi connectivity index (χ1n) is 17.2. The van der Waals surface area contributed by atoms with Crippen molar-refractivity contribution in [2.24, 2.45) is 5.73 Å². The van der Waals surface area contributed by atoms with Gasteiger partial charge >= 0.3 is 5.97 Å². The first-order chi connectivity index (χ1) is 24.3. The number of hydrogen-bond acceptors (Lipinski definition) is 10. The van der Waals surface area contributed by atoms with E-state index < -0.39 is 5.97 Å². The van der Waals surface area contributed by atoms with E-state index in [0.717, 1.165) is 49.0 Å². The second kappa shape index (κ2) is 14.2. The number of benzene rings is 4. The molecule has 4 aromatic rings. The minimum Gasteiger partial charge on any atom is -0.493 e. The van der Waals surface area contributed by atoms with Gasteiger partial charge in [-0.05, 0) is 110 Å². The van der Waals surface area contributed by atoms with Gasteiger partial charge in [-0.25, -0.2) is 0 Å². The molecule has 4 heterocycles. The Labute approximate surface area is 293 Å². The maximum atomic E-state index is 12.5. The van der Waals surface area contributed by atoms with E-state index in [1.807, 2.05) is 24.3 Å². The number of hydrogen-bond donors (Lipinski definition) is 1. The summed E-state index contributed by atoms with van der Waals surface area (Å²) in [7, 11) is 9.28. The van der Waals surface area contributed by atoms with E-state index in [-0.39, 0.29) is 25.0 Å². The number of methoxy groups -OCH3 is 3. The van der Waals surface area contributed by atoms with Crippen molar-refractivity contribution in [3.63, 3.8) is 0 Å². The Hall–Kier alpha value is -4.77. The van der Waals surface area contributed by atoms with Crippen LogP contribution in [0.3, 0.4) is 0 Å². The van der Waals surface area contributed by atoms with Crippen molar-refractivity contribution in [3.8, 4) is 46.0 Å². The minimum absolute atomic E-state index is 0.0901. The van der Waals surface area contributed by atoms with E-state index in [1.54, 1.807) is 27.4 Å². The highest BCUT2D eigenvalue weighted by Crippen LogP contribution is 2.52. The Balaban J connectivity index is 1.44. The molecule has 8 rings (SSSR count). The molecule has 10 heteroatoms. The molecule has 2 atom stereocenters. The molecule has 0 spiro atoms. The smallest absolute Gasteiger partial charge is 0.312 e. The number of carbonyl (C=O) groups is 1. The first-order valence-corrected chi connectivity index (χ1v) is 17.2. The summed E-state index contributed by atoms with van der Waals surface area (Å²) in [5, 5.41) is 0. The Bertz CT molecular complexity index is 1890. The fourth-order valence-electron chi connectivity index (χ4n) is 7.48. The van der Waals surface area contributed by atoms with Crippen molar-refractivity contribution >= 4 is 5.97 Å². The molecule has 1 unspecified atom stereocenters. The molecule has 0 amide bonds. The molecule has 2 N–H and O–H groups in total. The predicted molar refractivity (Wildman–Crippen MR) is 190 cm³/mol. The summed E-state index contributed by atoms with van der Waals surface area (Å²) < 4.78 is 37.1. The van der Waals surface area contributed by atoms with E-state index in [0.29, 0.717) is 52.4 Å². The van der Waals surface area contributed by atoms with Crippen molar-refractivity contribution in [2.75, 3.05) is 55.1 Å². The number of nitrogens with two attached hydrogens (primary N) is 1. The lowest BCUT2D eigenvalue weighted by Crippen LogP contribution is -2.34. The molecular weight excluding hydrogens is 634 g/mol. The minimum atomic E-state index is -0.409. The van der Waals surface area contributed by atoms with Crippen LogP contribution >= 0.6 is 0 Å². The summed E-state index contributed by atoms with van der Waals surface area (Å²) in [6.45, 7) is 1.97. The lowest BCUT2D eigenvalue weighted by molar-refractivity contribution is -0.134. The summed E-state index contributed by atoms with van der Waals surface area (Å²) in [5.74, 6) is 4.10. The molecular formula is C40H45N3O7. The van der Waals surface area contributed by atoms with Crippen LogP contribution < -0.4 is 34.2 Å². The van der Waals surface area contributed by atoms with E-state index >= 15 is 0 Å². The first kappa shape index (κ1) is 33.7. The largest absolute Gasteiger partial charge is 0.493 e. The highest BCUT2D eigenvalue weighted by Gasteiger charge is 2.35. The normalized spacial score (nSPS) is 18.5. The quantitative estimate of drug-likeness (QED) is 0.182. The number of rotatable bonds is 6. The van der Waals surface area contributed by atoms with Crippen molar-refractivity contribution in [1.29, 1.82) is 0 Å². The van der Waals surface area contributed by atoms with Gasteiger partial charge in [0.05, 0.1) is 27.8 Å². The zero-order valence-corrected chi connectivity index (χ0v) is 29.4. The number of nitrogens with zero attached hydrogens (tertiary/aromatic N) is 2. The molecule has 6 bridgehead atoms. The Morgan fingerprint density at radius 1 is 0.760 bits per heavy atom. The number of esters is 1. The fraction of sp³-hybridized carbons (Fsp3) is 0.375. The second-order valence-electron chi connectivity index (χ2n) is 13.3. The van der Waals surface area contributed by atoms with Crippen molar-refractivity contribution in [1.82, 2.24) is 9.80 Å². The molecule has 10 nitrogen and oxygen atoms in total. The summed E-state index contributed by atoms with van der Waals surface area (Å²) in [4.78, 5) is 17.3. The maximum absolute atomic E-state index is 12.5. The molecule has 0 radical (unpaired) electrons. The summed E-state index contributed by atoms with van der Waals surface area (Å²) in [6.07, 6.45) is 3.24. The van der Waals surface area contributed by atoms with E-state index in [2.05, 4.69) is 54.2 Å². The number of ether oxygens (including phenoxy) is 6. The van der Waals surface area contributed by atoms with Crippen LogP contribution in [-0.4, -0.2) is 70.8 Å². The molecule has 0 aliphatic carbocycles. The molecule has 0 aromatic heterocycles. The maximum Gasteiger partial charge on any atom is 0.312 e. The molecule has 4 aliphatic heterocycles. The average Bonchev–Trinajstić information content (AvgIpc) is 3.11. The fourth-order valence-corrected chi connectivity index (χ4v) is 7.48. The van der Waals surface area contributed by atoms with Gasteiger partial charge in [0.25, 0.3) is 0 Å². The lowest BCUT2D eigenvalue weighted by Gasteiger charge is -2.37. The highest BCUT2D eigenvalue weighted by molar-refractivity contribution is 5.73. The standard InChI is InChI=1S/C40H45N3O7/c1-42-16-13-26-21-33(45-3)35-23-29(26)30(42)18-24-6-9-28(10-7-24)48-34-20-25(8-11-32(34)49-37(44)12-15-41)19-31-38-27(14-17-43(31)2)22-36(46-4)39(47-5)40(38)50-35/h6-11,20-23,30-31H,12-19,41H2,1-5H3/t30?,31-/m1/s1. The Morgan fingerprint density at radius 3 is 2.14 bits per heavy atom. The van der Waals surface area contributed by atoms with E-state index in [4.69, 9.17) is 34.2 Å². The highest BCUT2D eigenvalue weighted by atomic mass is 16.6. The van der Waals surface area contributed by atoms with Crippen LogP contribution in [0, 0.1) is 0 Å². The van der Waals surface area contributed by atoms with Crippen LogP contribution in [0.1, 0.15) is 51.9 Å². The molecule has 50 heavy (non-hydrogen) atoms. The van der Waals surface area contributed by atoms with Gasteiger partial charge < -0.3 is 34.2 Å². The van der Waals surface area contributed by atoms with Gasteiger partial charge in [-0.1, -0.05) is 18.2 Å². The van der Waals surface area contributed by atoms with Crippen LogP contribution in [0.4, 0.5) is 0 Å². The number of likely N-dealkylation sites (N-methyl/N-ethyl adjacent to an activating group) is 2.